The maximum Gasteiger partial charge on any atom is 0.401 e. The Morgan fingerprint density at radius 2 is 2.15 bits per heavy atom. The summed E-state index contributed by atoms with van der Waals surface area (Å²) in [4.78, 5) is 25.9. The summed E-state index contributed by atoms with van der Waals surface area (Å²) in [5.41, 5.74) is 2.43. The Balaban J connectivity index is 1.55. The highest BCUT2D eigenvalue weighted by Crippen LogP contribution is 2.24. The van der Waals surface area contributed by atoms with Crippen LogP contribution < -0.4 is 10.6 Å². The molecule has 0 bridgehead atoms. The van der Waals surface area contributed by atoms with Crippen molar-refractivity contribution in [2.75, 3.05) is 32.0 Å². The van der Waals surface area contributed by atoms with Gasteiger partial charge in [-0.15, -0.1) is 0 Å². The van der Waals surface area contributed by atoms with Crippen LogP contribution in [0.2, 0.25) is 5.02 Å². The Bertz CT molecular complexity index is 1230. The molecule has 4 N–H and O–H groups in total. The lowest BCUT2D eigenvalue weighted by Crippen LogP contribution is -2.49. The number of fused-ring (bicyclic) bond motifs is 1. The van der Waals surface area contributed by atoms with Crippen molar-refractivity contribution in [1.29, 1.82) is 5.41 Å². The minimum absolute atomic E-state index is 0.0954. The predicted octanol–water partition coefficient (Wildman–Crippen LogP) is 3.83. The van der Waals surface area contributed by atoms with Crippen molar-refractivity contribution >= 4 is 40.1 Å². The van der Waals surface area contributed by atoms with Crippen LogP contribution in [-0.4, -0.2) is 70.4 Å². The van der Waals surface area contributed by atoms with Gasteiger partial charge in [0.25, 0.3) is 5.91 Å². The van der Waals surface area contributed by atoms with Gasteiger partial charge in [-0.3, -0.25) is 15.1 Å². The van der Waals surface area contributed by atoms with E-state index in [0.29, 0.717) is 41.3 Å². The Hall–Kier alpha value is -3.18. The number of likely N-dealkylation sites (tertiary alicyclic amines) is 1. The van der Waals surface area contributed by atoms with Gasteiger partial charge in [-0.05, 0) is 37.6 Å². The number of H-pyrrole nitrogens is 1. The van der Waals surface area contributed by atoms with Crippen LogP contribution in [0, 0.1) is 5.41 Å². The Morgan fingerprint density at radius 3 is 2.88 bits per heavy atom. The number of carbonyl (C=O) groups excluding carboxylic acids is 1. The van der Waals surface area contributed by atoms with E-state index in [4.69, 9.17) is 17.0 Å². The molecule has 34 heavy (non-hydrogen) atoms. The number of hydrogen-bond donors (Lipinski definition) is 4. The lowest BCUT2D eigenvalue weighted by molar-refractivity contribution is -0.148. The molecule has 3 aromatic rings. The minimum atomic E-state index is -4.28. The second-order valence-electron chi connectivity index (χ2n) is 8.13. The lowest BCUT2D eigenvalue weighted by atomic mass is 10.0. The number of amides is 1. The zero-order valence-corrected chi connectivity index (χ0v) is 19.0. The monoisotopic (exact) mass is 493 g/mol. The average Bonchev–Trinajstić information content (AvgIpc) is 3.21. The maximum atomic E-state index is 13.0. The molecule has 3 heterocycles. The standard InChI is InChI=1S/C22H23ClF3N7O/c1-28-16-7-12(23)4-5-14(16)18(27)17-9-30-20-19(32-17)15(8-29-20)21(34)31-13-3-2-6-33(10-13)11-22(24,25)26/h4-5,7-9,13,27-28H,2-3,6,10-11H2,1H3,(H,29,30)(H,31,34)/t13-/m1/s1. The van der Waals surface area contributed by atoms with Crippen molar-refractivity contribution in [1.82, 2.24) is 25.2 Å². The molecule has 8 nitrogen and oxygen atoms in total. The summed E-state index contributed by atoms with van der Waals surface area (Å²) in [6, 6.07) is 4.65. The number of hydrogen-bond acceptors (Lipinski definition) is 6. The van der Waals surface area contributed by atoms with Gasteiger partial charge in [0.15, 0.2) is 5.65 Å². The zero-order chi connectivity index (χ0) is 24.5. The molecule has 4 rings (SSSR count). The van der Waals surface area contributed by atoms with Gasteiger partial charge in [-0.1, -0.05) is 11.6 Å². The van der Waals surface area contributed by atoms with Gasteiger partial charge in [-0.25, -0.2) is 9.97 Å². The molecule has 1 aliphatic heterocycles. The van der Waals surface area contributed by atoms with Gasteiger partial charge in [0.05, 0.1) is 24.0 Å². The third kappa shape index (κ3) is 5.31. The van der Waals surface area contributed by atoms with E-state index >= 15 is 0 Å². The molecule has 1 aliphatic rings. The molecule has 2 aromatic heterocycles. The fraction of sp³-hybridized carbons (Fsp3) is 0.364. The number of alkyl halides is 3. The predicted molar refractivity (Wildman–Crippen MR) is 124 cm³/mol. The number of aromatic amines is 1. The molecule has 1 saturated heterocycles. The van der Waals surface area contributed by atoms with Gasteiger partial charge in [0.1, 0.15) is 11.2 Å². The van der Waals surface area contributed by atoms with E-state index in [2.05, 4.69) is 25.6 Å². The summed E-state index contributed by atoms with van der Waals surface area (Å²) in [5, 5.41) is 14.9. The van der Waals surface area contributed by atoms with Crippen molar-refractivity contribution in [2.45, 2.75) is 25.1 Å². The fourth-order valence-electron chi connectivity index (χ4n) is 4.10. The third-order valence-electron chi connectivity index (χ3n) is 5.65. The van der Waals surface area contributed by atoms with Crippen LogP contribution in [0.3, 0.4) is 0 Å². The molecule has 0 saturated carbocycles. The van der Waals surface area contributed by atoms with Gasteiger partial charge in [-0.2, -0.15) is 13.2 Å². The van der Waals surface area contributed by atoms with Crippen LogP contribution >= 0.6 is 11.6 Å². The second kappa shape index (κ2) is 9.59. The highest BCUT2D eigenvalue weighted by atomic mass is 35.5. The molecule has 0 unspecified atom stereocenters. The molecular formula is C22H23ClF3N7O. The van der Waals surface area contributed by atoms with E-state index < -0.39 is 24.7 Å². The number of aromatic nitrogens is 3. The molecule has 12 heteroatoms. The minimum Gasteiger partial charge on any atom is -0.388 e. The molecule has 1 fully saturated rings. The summed E-state index contributed by atoms with van der Waals surface area (Å²) in [7, 11) is 1.72. The van der Waals surface area contributed by atoms with Crippen molar-refractivity contribution in [2.24, 2.45) is 0 Å². The third-order valence-corrected chi connectivity index (χ3v) is 5.88. The first-order valence-corrected chi connectivity index (χ1v) is 11.0. The van der Waals surface area contributed by atoms with Crippen LogP contribution in [0.1, 0.15) is 34.5 Å². The number of rotatable bonds is 6. The van der Waals surface area contributed by atoms with E-state index in [-0.39, 0.29) is 29.0 Å². The van der Waals surface area contributed by atoms with Crippen LogP contribution in [0.15, 0.2) is 30.6 Å². The molecule has 0 radical (unpaired) electrons. The van der Waals surface area contributed by atoms with E-state index in [1.807, 2.05) is 0 Å². The van der Waals surface area contributed by atoms with Gasteiger partial charge < -0.3 is 15.6 Å². The van der Waals surface area contributed by atoms with Gasteiger partial charge in [0.2, 0.25) is 0 Å². The van der Waals surface area contributed by atoms with E-state index in [1.54, 1.807) is 25.2 Å². The molecule has 1 aromatic carbocycles. The maximum absolute atomic E-state index is 13.0. The highest BCUT2D eigenvalue weighted by molar-refractivity contribution is 6.31. The summed E-state index contributed by atoms with van der Waals surface area (Å²) < 4.78 is 38.2. The first kappa shape index (κ1) is 24.0. The first-order valence-electron chi connectivity index (χ1n) is 10.7. The fourth-order valence-corrected chi connectivity index (χ4v) is 4.27. The van der Waals surface area contributed by atoms with Gasteiger partial charge in [0, 0.05) is 42.1 Å². The second-order valence-corrected chi connectivity index (χ2v) is 8.57. The van der Waals surface area contributed by atoms with Crippen LogP contribution in [-0.2, 0) is 0 Å². The molecule has 1 amide bonds. The summed E-state index contributed by atoms with van der Waals surface area (Å²) >= 11 is 6.04. The summed E-state index contributed by atoms with van der Waals surface area (Å²) in [5.74, 6) is -0.453. The van der Waals surface area contributed by atoms with Crippen molar-refractivity contribution < 1.29 is 18.0 Å². The number of piperidine rings is 1. The molecular weight excluding hydrogens is 471 g/mol. The Kier molecular flexibility index (Phi) is 6.76. The number of carbonyl (C=O) groups is 1. The average molecular weight is 494 g/mol. The smallest absolute Gasteiger partial charge is 0.388 e. The number of nitrogens with one attached hydrogen (secondary N) is 4. The van der Waals surface area contributed by atoms with E-state index in [1.165, 1.54) is 17.3 Å². The molecule has 1 atom stereocenters. The number of benzene rings is 1. The quantitative estimate of drug-likeness (QED) is 0.390. The number of anilines is 1. The topological polar surface area (TPSA) is 110 Å². The number of halogens is 4. The zero-order valence-electron chi connectivity index (χ0n) is 18.3. The summed E-state index contributed by atoms with van der Waals surface area (Å²) in [6.07, 6.45) is -0.229. The largest absolute Gasteiger partial charge is 0.401 e. The molecule has 0 spiro atoms. The van der Waals surface area contributed by atoms with Crippen LogP contribution in [0.5, 0.6) is 0 Å². The Labute approximate surface area is 198 Å². The van der Waals surface area contributed by atoms with Crippen molar-refractivity contribution in [3.05, 3.63) is 52.4 Å². The van der Waals surface area contributed by atoms with E-state index in [0.717, 1.165) is 0 Å². The molecule has 0 aliphatic carbocycles. The Morgan fingerprint density at radius 1 is 1.35 bits per heavy atom. The lowest BCUT2D eigenvalue weighted by Gasteiger charge is -2.33. The highest BCUT2D eigenvalue weighted by Gasteiger charge is 2.33. The van der Waals surface area contributed by atoms with Crippen molar-refractivity contribution in [3.63, 3.8) is 0 Å². The van der Waals surface area contributed by atoms with Crippen molar-refractivity contribution in [3.8, 4) is 0 Å². The van der Waals surface area contributed by atoms with E-state index in [9.17, 15) is 18.0 Å². The van der Waals surface area contributed by atoms with Crippen LogP contribution in [0.25, 0.3) is 11.2 Å². The molecule has 180 valence electrons. The summed E-state index contributed by atoms with van der Waals surface area (Å²) in [6.45, 7) is -0.531. The SMILES string of the molecule is CNc1cc(Cl)ccc1C(=N)c1cnc2[nH]cc(C(=O)N[C@@H]3CCCN(CC(F)(F)F)C3)c2n1. The first-order chi connectivity index (χ1) is 16.1. The van der Waals surface area contributed by atoms with Gasteiger partial charge >= 0.3 is 6.18 Å². The number of nitrogens with zero attached hydrogens (tertiary/aromatic N) is 3. The normalized spacial score (nSPS) is 17.0. The van der Waals surface area contributed by atoms with Crippen LogP contribution in [0.4, 0.5) is 18.9 Å².